The lowest BCUT2D eigenvalue weighted by molar-refractivity contribution is -0.147. The molecule has 4 aromatic carbocycles. The van der Waals surface area contributed by atoms with Gasteiger partial charge in [-0.05, 0) is 225 Å². The van der Waals surface area contributed by atoms with Crippen LogP contribution in [0.15, 0.2) is 147 Å². The number of carbonyl (C=O) groups excluding carboxylic acids is 7. The third-order valence-corrected chi connectivity index (χ3v) is 22.6. The number of aromatic amines is 4. The minimum atomic E-state index is -1.54. The number of nitrogens with one attached hydrogen (secondary N) is 9. The smallest absolute Gasteiger partial charge is 0.394 e. The first-order valence-electron chi connectivity index (χ1n) is 41.1. The van der Waals surface area contributed by atoms with Crippen molar-refractivity contribution in [1.82, 2.24) is 80.7 Å². The zero-order chi connectivity index (χ0) is 86.1. The summed E-state index contributed by atoms with van der Waals surface area (Å²) in [6.45, 7) is 19.1. The number of likely N-dealkylation sites (tertiary alicyclic amines) is 3. The average Bonchev–Trinajstić information content (AvgIpc) is 1.71. The number of aromatic nitrogens is 12. The zero-order valence-electron chi connectivity index (χ0n) is 69.2. The van der Waals surface area contributed by atoms with Crippen molar-refractivity contribution in [2.24, 2.45) is 23.7 Å². The molecule has 121 heavy (non-hydrogen) atoms. The van der Waals surface area contributed by atoms with Crippen LogP contribution in [-0.2, 0) is 64.0 Å². The summed E-state index contributed by atoms with van der Waals surface area (Å²) in [5.41, 5.74) is 36.4. The number of carboxylic acid groups (broad SMARTS) is 1. The van der Waals surface area contributed by atoms with Gasteiger partial charge in [0, 0.05) is 47.2 Å². The van der Waals surface area contributed by atoms with Crippen molar-refractivity contribution in [3.05, 3.63) is 191 Å². The fourth-order valence-electron chi connectivity index (χ4n) is 15.8. The van der Waals surface area contributed by atoms with Gasteiger partial charge in [-0.3, -0.25) is 54.0 Å². The van der Waals surface area contributed by atoms with Crippen LogP contribution < -0.4 is 49.5 Å². The number of carboxylic acids is 1. The Morgan fingerprint density at radius 3 is 0.909 bits per heavy atom. The quantitative estimate of drug-likeness (QED) is 0.0505. The predicted molar refractivity (Wildman–Crippen MR) is 466 cm³/mol. The molecule has 0 saturated carbocycles. The Bertz CT molecular complexity index is 5300. The SMILES string of the molecule is CCc1cc(NC(=O)C(=O)N2C[C@H](C)CC[C@H]2c2ccc3[nH]ncc3c2)cnc1N.CCc1cc(NC(=O)C(=O)N2C[C@H](C)CC[C@H]2c2ccc3[nH]ncc3c2)cnc1N.CCc1cc(NC(=O)C(=O)N2C[C@H](C)CC[C@H]2c2ccc3[nH]ncc3c2)cnc1N.CCc1cc(NC(=O)C(=O)O)cnc1N.C[C@@H]1CC[C@@H](c2ccc3[nH]ncc3c2)NC1. The van der Waals surface area contributed by atoms with E-state index in [1.165, 1.54) is 48.6 Å². The molecule has 12 heterocycles. The van der Waals surface area contributed by atoms with E-state index in [4.69, 9.17) is 28.0 Å². The lowest BCUT2D eigenvalue weighted by Crippen LogP contribution is -2.46. The average molecular weight is 1640 g/mol. The summed E-state index contributed by atoms with van der Waals surface area (Å²) in [5.74, 6) is -2.72. The Balaban J connectivity index is 0.000000142. The maximum atomic E-state index is 13.1. The minimum Gasteiger partial charge on any atom is -0.474 e. The number of H-pyrrole nitrogens is 4. The van der Waals surface area contributed by atoms with Crippen LogP contribution in [0.2, 0.25) is 0 Å². The van der Waals surface area contributed by atoms with Gasteiger partial charge in [0.15, 0.2) is 0 Å². The number of nitrogens with zero attached hydrogens (tertiary/aromatic N) is 11. The highest BCUT2D eigenvalue weighted by Crippen LogP contribution is 2.39. The molecular weight excluding hydrogens is 1540 g/mol. The number of pyridine rings is 4. The Labute approximate surface area is 699 Å². The van der Waals surface area contributed by atoms with E-state index in [0.717, 1.165) is 128 Å². The molecule has 16 rings (SSSR count). The van der Waals surface area contributed by atoms with Gasteiger partial charge in [-0.1, -0.05) is 79.7 Å². The highest BCUT2D eigenvalue weighted by molar-refractivity contribution is 6.41. The van der Waals surface area contributed by atoms with Gasteiger partial charge >= 0.3 is 47.3 Å². The maximum absolute atomic E-state index is 13.1. The monoisotopic (exact) mass is 1640 g/mol. The summed E-state index contributed by atoms with van der Waals surface area (Å²) in [7, 11) is 0. The third-order valence-electron chi connectivity index (χ3n) is 22.6. The van der Waals surface area contributed by atoms with E-state index < -0.39 is 47.3 Å². The van der Waals surface area contributed by atoms with Crippen LogP contribution in [0.3, 0.4) is 0 Å². The number of hydrogen-bond acceptors (Lipinski definition) is 21. The molecule has 12 aromatic rings. The first-order chi connectivity index (χ1) is 58.2. The van der Waals surface area contributed by atoms with Crippen molar-refractivity contribution in [1.29, 1.82) is 0 Å². The van der Waals surface area contributed by atoms with E-state index in [1.54, 1.807) is 57.6 Å². The van der Waals surface area contributed by atoms with Gasteiger partial charge in [0.05, 0.1) is 113 Å². The summed E-state index contributed by atoms with van der Waals surface area (Å²) >= 11 is 0. The normalized spacial score (nSPS) is 18.8. The van der Waals surface area contributed by atoms with Crippen molar-refractivity contribution in [2.75, 3.05) is 70.4 Å². The topological polar surface area (TPSA) is 497 Å². The lowest BCUT2D eigenvalue weighted by atomic mass is 9.89. The number of fused-ring (bicyclic) bond motifs is 4. The number of benzene rings is 4. The number of carbonyl (C=O) groups is 8. The van der Waals surface area contributed by atoms with Crippen LogP contribution in [0, 0.1) is 23.7 Å². The fourth-order valence-corrected chi connectivity index (χ4v) is 15.8. The van der Waals surface area contributed by atoms with Gasteiger partial charge in [-0.2, -0.15) is 20.4 Å². The van der Waals surface area contributed by atoms with Gasteiger partial charge in [0.2, 0.25) is 0 Å². The standard InChI is InChI=1S/3C22H26N6O2.C13H17N3.C9H11N3O3/c3*1-3-14-9-17(11-24-20(14)23)26-21(29)22(30)28-12-13(2)4-7-19(28)15-5-6-18-16(8-15)10-25-27-18;1-9-2-4-12(14-7-9)10-3-5-13-11(6-10)8-15-16-13;1-2-5-3-6(4-11-7(5)10)12-8(13)9(14)15/h3*5-6,8-11,13,19H,3-4,7,12H2,1-2H3,(H2,23,24)(H,25,27)(H,26,29);3,5-6,8-9,12,14H,2,4,7H2,1H3,(H,15,16);3-4H,2H2,1H3,(H2,10,11)(H,12,13)(H,14,15)/t3*13-,19+;9-,12+;/m1111./s1. The molecule has 8 aromatic heterocycles. The molecular formula is C88H106N24O9. The van der Waals surface area contributed by atoms with E-state index in [0.29, 0.717) is 115 Å². The molecule has 4 fully saturated rings. The van der Waals surface area contributed by atoms with Crippen molar-refractivity contribution in [3.8, 4) is 0 Å². The number of amides is 7. The molecule has 632 valence electrons. The highest BCUT2D eigenvalue weighted by atomic mass is 16.4. The number of hydrogen-bond donors (Lipinski definition) is 14. The number of rotatable bonds is 12. The van der Waals surface area contributed by atoms with Gasteiger partial charge in [0.1, 0.15) is 23.3 Å². The van der Waals surface area contributed by atoms with E-state index in [-0.39, 0.29) is 18.1 Å². The summed E-state index contributed by atoms with van der Waals surface area (Å²) in [4.78, 5) is 120. The number of aliphatic carboxylic acids is 1. The van der Waals surface area contributed by atoms with Gasteiger partial charge < -0.3 is 69.3 Å². The molecule has 4 saturated heterocycles. The third kappa shape index (κ3) is 21.6. The Morgan fingerprint density at radius 1 is 0.364 bits per heavy atom. The maximum Gasteiger partial charge on any atom is 0.394 e. The van der Waals surface area contributed by atoms with Crippen LogP contribution >= 0.6 is 0 Å². The zero-order valence-corrected chi connectivity index (χ0v) is 69.2. The number of aryl methyl sites for hydroxylation is 4. The van der Waals surface area contributed by atoms with Crippen molar-refractivity contribution >= 4 is 137 Å². The second-order valence-electron chi connectivity index (χ2n) is 31.6. The van der Waals surface area contributed by atoms with Gasteiger partial charge in [-0.25, -0.2) is 24.7 Å². The molecule has 18 N–H and O–H groups in total. The van der Waals surface area contributed by atoms with Crippen LogP contribution in [-0.4, -0.2) is 154 Å². The number of nitrogens with two attached hydrogens (primary N) is 4. The van der Waals surface area contributed by atoms with Crippen LogP contribution in [0.4, 0.5) is 46.0 Å². The van der Waals surface area contributed by atoms with Gasteiger partial charge in [0.25, 0.3) is 0 Å². The first kappa shape index (κ1) is 86.6. The van der Waals surface area contributed by atoms with E-state index in [9.17, 15) is 38.4 Å². The molecule has 0 unspecified atom stereocenters. The lowest BCUT2D eigenvalue weighted by Gasteiger charge is -2.38. The highest BCUT2D eigenvalue weighted by Gasteiger charge is 2.38. The molecule has 4 aliphatic heterocycles. The molecule has 0 spiro atoms. The van der Waals surface area contributed by atoms with E-state index >= 15 is 0 Å². The summed E-state index contributed by atoms with van der Waals surface area (Å²) in [6.07, 6.45) is 23.7. The Hall–Kier alpha value is -13.7. The summed E-state index contributed by atoms with van der Waals surface area (Å²) in [5, 5.41) is 54.5. The molecule has 8 atom stereocenters. The van der Waals surface area contributed by atoms with Crippen LogP contribution in [0.25, 0.3) is 43.6 Å². The van der Waals surface area contributed by atoms with Crippen molar-refractivity contribution in [3.63, 3.8) is 0 Å². The first-order valence-corrected chi connectivity index (χ1v) is 41.1. The minimum absolute atomic E-state index is 0.144. The Kier molecular flexibility index (Phi) is 28.4. The molecule has 33 heteroatoms. The van der Waals surface area contributed by atoms with Crippen LogP contribution in [0.1, 0.15) is 175 Å². The second-order valence-corrected chi connectivity index (χ2v) is 31.6. The molecule has 4 aliphatic rings. The largest absolute Gasteiger partial charge is 0.474 e. The van der Waals surface area contributed by atoms with Crippen LogP contribution in [0.5, 0.6) is 0 Å². The Morgan fingerprint density at radius 2 is 0.636 bits per heavy atom. The van der Waals surface area contributed by atoms with Crippen molar-refractivity contribution in [2.45, 2.75) is 157 Å². The fraction of sp³-hybridized carbons (Fsp3) is 0.364. The number of nitrogen functional groups attached to an aromatic ring is 4. The molecule has 7 amide bonds. The molecule has 0 radical (unpaired) electrons. The molecule has 0 aliphatic carbocycles. The summed E-state index contributed by atoms with van der Waals surface area (Å²) < 4.78 is 0. The predicted octanol–water partition coefficient (Wildman–Crippen LogP) is 12.0. The van der Waals surface area contributed by atoms with Crippen molar-refractivity contribution < 1.29 is 43.5 Å². The number of anilines is 8. The van der Waals surface area contributed by atoms with E-state index in [2.05, 4.69) is 133 Å². The second kappa shape index (κ2) is 39.7. The summed E-state index contributed by atoms with van der Waals surface area (Å²) in [6, 6.07) is 31.5. The number of piperidine rings is 4. The van der Waals surface area contributed by atoms with E-state index in [1.807, 2.05) is 88.5 Å². The molecule has 0 bridgehead atoms. The molecule has 33 nitrogen and oxygen atoms in total. The van der Waals surface area contributed by atoms with Gasteiger partial charge in [-0.15, -0.1) is 0 Å².